The molecule has 0 unspecified atom stereocenters. The van der Waals surface area contributed by atoms with Crippen LogP contribution < -0.4 is 5.69 Å². The highest BCUT2D eigenvalue weighted by Crippen LogP contribution is 2.34. The van der Waals surface area contributed by atoms with Crippen molar-refractivity contribution in [2.24, 2.45) is 0 Å². The maximum Gasteiger partial charge on any atom is 0.416 e. The van der Waals surface area contributed by atoms with Crippen LogP contribution in [0.15, 0.2) is 16.9 Å². The number of hydrogen-bond donors (Lipinski definition) is 0. The minimum Gasteiger partial charge on any atom is -0.245 e. The number of aryl methyl sites for hydroxylation is 2. The third kappa shape index (κ3) is 2.72. The van der Waals surface area contributed by atoms with E-state index in [2.05, 4.69) is 5.10 Å². The van der Waals surface area contributed by atoms with Crippen LogP contribution in [0.25, 0.3) is 5.69 Å². The molecule has 120 valence electrons. The molecule has 1 aromatic heterocycles. The van der Waals surface area contributed by atoms with Crippen LogP contribution in [0.3, 0.4) is 0 Å². The molecule has 0 bridgehead atoms. The molecule has 0 amide bonds. The van der Waals surface area contributed by atoms with Crippen LogP contribution in [0, 0.1) is 13.8 Å². The van der Waals surface area contributed by atoms with E-state index >= 15 is 0 Å². The molecule has 0 atom stereocenters. The van der Waals surface area contributed by atoms with E-state index in [0.29, 0.717) is 10.7 Å². The summed E-state index contributed by atoms with van der Waals surface area (Å²) in [4.78, 5) is 11.9. The van der Waals surface area contributed by atoms with Crippen LogP contribution in [0.2, 0.25) is 5.02 Å². The Bertz CT molecular complexity index is 755. The zero-order valence-electron chi connectivity index (χ0n) is 11.2. The van der Waals surface area contributed by atoms with Gasteiger partial charge >= 0.3 is 18.4 Å². The minimum atomic E-state index is -4.61. The molecule has 22 heavy (non-hydrogen) atoms. The summed E-state index contributed by atoms with van der Waals surface area (Å²) in [6.45, 7) is -0.661. The highest BCUT2D eigenvalue weighted by atomic mass is 35.5. The van der Waals surface area contributed by atoms with Crippen LogP contribution >= 0.6 is 11.6 Å². The van der Waals surface area contributed by atoms with E-state index in [1.54, 1.807) is 0 Å². The lowest BCUT2D eigenvalue weighted by molar-refractivity contribution is -0.137. The number of benzene rings is 1. The summed E-state index contributed by atoms with van der Waals surface area (Å²) in [7, 11) is 0. The fourth-order valence-corrected chi connectivity index (χ4v) is 2.36. The molecule has 0 saturated heterocycles. The van der Waals surface area contributed by atoms with Gasteiger partial charge in [-0.05, 0) is 31.5 Å². The first-order chi connectivity index (χ1) is 10.0. The highest BCUT2D eigenvalue weighted by Gasteiger charge is 2.32. The van der Waals surface area contributed by atoms with Crippen molar-refractivity contribution in [3.8, 4) is 5.69 Å². The first kappa shape index (κ1) is 16.5. The minimum absolute atomic E-state index is 0.0131. The largest absolute Gasteiger partial charge is 0.416 e. The number of aromatic nitrogens is 3. The predicted octanol–water partition coefficient (Wildman–Crippen LogP) is 3.72. The van der Waals surface area contributed by atoms with Crippen LogP contribution in [0.5, 0.6) is 0 Å². The first-order valence-electron chi connectivity index (χ1n) is 5.88. The molecule has 0 aliphatic rings. The van der Waals surface area contributed by atoms with E-state index in [-0.39, 0.29) is 21.6 Å². The van der Waals surface area contributed by atoms with E-state index in [9.17, 15) is 26.7 Å². The van der Waals surface area contributed by atoms with E-state index in [0.717, 1.165) is 6.07 Å². The van der Waals surface area contributed by atoms with E-state index in [1.807, 2.05) is 0 Å². The first-order valence-corrected chi connectivity index (χ1v) is 6.26. The molecule has 2 aromatic rings. The maximum atomic E-state index is 12.8. The average Bonchev–Trinajstić information content (AvgIpc) is 2.62. The third-order valence-electron chi connectivity index (χ3n) is 2.97. The Kier molecular flexibility index (Phi) is 4.03. The van der Waals surface area contributed by atoms with Crippen molar-refractivity contribution >= 4 is 11.6 Å². The molecule has 2 rings (SSSR count). The molecule has 1 heterocycles. The number of rotatable bonds is 2. The Hall–Kier alpha value is -1.90. The Morgan fingerprint density at radius 2 is 1.82 bits per heavy atom. The van der Waals surface area contributed by atoms with Crippen LogP contribution in [-0.4, -0.2) is 14.3 Å². The van der Waals surface area contributed by atoms with Gasteiger partial charge in [0, 0.05) is 0 Å². The maximum absolute atomic E-state index is 12.8. The SMILES string of the molecule is Cc1cc(C(F)(F)F)cc(Cl)c1-n1nc(C)n(C(F)F)c1=O. The molecule has 0 fully saturated rings. The molecule has 0 aliphatic carbocycles. The number of alkyl halides is 5. The normalized spacial score (nSPS) is 12.2. The molecule has 1 aromatic carbocycles. The number of nitrogens with zero attached hydrogens (tertiary/aromatic N) is 3. The molecule has 0 radical (unpaired) electrons. The fraction of sp³-hybridized carbons (Fsp3) is 0.333. The van der Waals surface area contributed by atoms with Gasteiger partial charge in [-0.1, -0.05) is 11.6 Å². The molecule has 10 heteroatoms. The third-order valence-corrected chi connectivity index (χ3v) is 3.26. The van der Waals surface area contributed by atoms with E-state index < -0.39 is 29.0 Å². The van der Waals surface area contributed by atoms with E-state index in [1.165, 1.54) is 13.8 Å². The highest BCUT2D eigenvalue weighted by molar-refractivity contribution is 6.32. The predicted molar refractivity (Wildman–Crippen MR) is 68.6 cm³/mol. The second-order valence-corrected chi connectivity index (χ2v) is 4.92. The molecule has 0 saturated carbocycles. The van der Waals surface area contributed by atoms with Crippen molar-refractivity contribution in [1.29, 1.82) is 0 Å². The van der Waals surface area contributed by atoms with Gasteiger partial charge in [-0.15, -0.1) is 5.10 Å². The van der Waals surface area contributed by atoms with Gasteiger partial charge in [-0.2, -0.15) is 26.6 Å². The van der Waals surface area contributed by atoms with Crippen LogP contribution in [0.1, 0.15) is 23.5 Å². The molecule has 0 spiro atoms. The van der Waals surface area contributed by atoms with Gasteiger partial charge in [0.2, 0.25) is 0 Å². The lowest BCUT2D eigenvalue weighted by Crippen LogP contribution is -2.25. The van der Waals surface area contributed by atoms with Gasteiger partial charge < -0.3 is 0 Å². The number of hydrogen-bond acceptors (Lipinski definition) is 2. The summed E-state index contributed by atoms with van der Waals surface area (Å²) in [5.41, 5.74) is -2.36. The summed E-state index contributed by atoms with van der Waals surface area (Å²) < 4.78 is 64.3. The van der Waals surface area contributed by atoms with Gasteiger partial charge in [0.1, 0.15) is 5.82 Å². The Balaban J connectivity index is 2.70. The lowest BCUT2D eigenvalue weighted by Gasteiger charge is -2.12. The average molecular weight is 342 g/mol. The molecular weight excluding hydrogens is 333 g/mol. The van der Waals surface area contributed by atoms with Gasteiger partial charge in [-0.25, -0.2) is 9.36 Å². The second kappa shape index (κ2) is 5.38. The zero-order chi connectivity index (χ0) is 16.8. The summed E-state index contributed by atoms with van der Waals surface area (Å²) in [5.74, 6) is -0.282. The Morgan fingerprint density at radius 1 is 1.23 bits per heavy atom. The quantitative estimate of drug-likeness (QED) is 0.781. The molecule has 4 nitrogen and oxygen atoms in total. The standard InChI is InChI=1S/C12H9ClF5N3O/c1-5-3-7(12(16,17)18)4-8(13)9(5)21-11(22)20(10(14)15)6(2)19-21/h3-4,10H,1-2H3. The monoisotopic (exact) mass is 341 g/mol. The van der Waals surface area contributed by atoms with Crippen LogP contribution in [0.4, 0.5) is 22.0 Å². The van der Waals surface area contributed by atoms with Gasteiger partial charge in [-0.3, -0.25) is 0 Å². The second-order valence-electron chi connectivity index (χ2n) is 4.51. The summed E-state index contributed by atoms with van der Waals surface area (Å²) in [6, 6.07) is 1.39. The van der Waals surface area contributed by atoms with Gasteiger partial charge in [0.25, 0.3) is 0 Å². The van der Waals surface area contributed by atoms with Crippen molar-refractivity contribution in [3.05, 3.63) is 44.6 Å². The van der Waals surface area contributed by atoms with E-state index in [4.69, 9.17) is 11.6 Å². The zero-order valence-corrected chi connectivity index (χ0v) is 12.0. The topological polar surface area (TPSA) is 39.8 Å². The fourth-order valence-electron chi connectivity index (χ4n) is 2.01. The Morgan fingerprint density at radius 3 is 2.23 bits per heavy atom. The smallest absolute Gasteiger partial charge is 0.245 e. The number of halogens is 6. The Labute approximate surface area is 125 Å². The molecule has 0 N–H and O–H groups in total. The van der Waals surface area contributed by atoms with Crippen molar-refractivity contribution in [3.63, 3.8) is 0 Å². The van der Waals surface area contributed by atoms with Crippen LogP contribution in [-0.2, 0) is 6.18 Å². The van der Waals surface area contributed by atoms with Crippen molar-refractivity contribution < 1.29 is 22.0 Å². The molecular formula is C12H9ClF5N3O. The van der Waals surface area contributed by atoms with Gasteiger partial charge in [0.05, 0.1) is 16.3 Å². The van der Waals surface area contributed by atoms with Gasteiger partial charge in [0.15, 0.2) is 0 Å². The van der Waals surface area contributed by atoms with Crippen molar-refractivity contribution in [2.75, 3.05) is 0 Å². The summed E-state index contributed by atoms with van der Waals surface area (Å²) >= 11 is 5.79. The summed E-state index contributed by atoms with van der Waals surface area (Å²) in [5, 5.41) is 3.23. The summed E-state index contributed by atoms with van der Waals surface area (Å²) in [6.07, 6.45) is -4.61. The molecule has 0 aliphatic heterocycles. The van der Waals surface area contributed by atoms with Crippen molar-refractivity contribution in [2.45, 2.75) is 26.6 Å². The lowest BCUT2D eigenvalue weighted by atomic mass is 10.1. The van der Waals surface area contributed by atoms with Crippen molar-refractivity contribution in [1.82, 2.24) is 14.3 Å².